The Bertz CT molecular complexity index is 631. The quantitative estimate of drug-likeness (QED) is 0.894. The van der Waals surface area contributed by atoms with Crippen molar-refractivity contribution in [1.29, 1.82) is 0 Å². The van der Waals surface area contributed by atoms with E-state index in [2.05, 4.69) is 20.9 Å². The maximum absolute atomic E-state index is 13.8. The second-order valence-electron chi connectivity index (χ2n) is 3.57. The lowest BCUT2D eigenvalue weighted by molar-refractivity contribution is 0.0692. The zero-order valence-corrected chi connectivity index (χ0v) is 10.6. The minimum atomic E-state index is -1.29. The van der Waals surface area contributed by atoms with E-state index >= 15 is 0 Å². The molecule has 0 radical (unpaired) electrons. The lowest BCUT2D eigenvalue weighted by Crippen LogP contribution is -2.08. The van der Waals surface area contributed by atoms with Crippen LogP contribution in [-0.4, -0.2) is 16.1 Å². The number of benzene rings is 1. The fourth-order valence-corrected chi connectivity index (χ4v) is 1.91. The zero-order valence-electron chi connectivity index (χ0n) is 9.02. The largest absolute Gasteiger partial charge is 0.476 e. The Morgan fingerprint density at radius 3 is 2.72 bits per heavy atom. The van der Waals surface area contributed by atoms with E-state index in [0.29, 0.717) is 5.56 Å². The molecule has 1 heterocycles. The number of aromatic nitrogens is 1. The van der Waals surface area contributed by atoms with Crippen molar-refractivity contribution in [2.24, 2.45) is 0 Å². The van der Waals surface area contributed by atoms with Crippen molar-refractivity contribution >= 4 is 27.6 Å². The van der Waals surface area contributed by atoms with Crippen molar-refractivity contribution in [3.05, 3.63) is 46.3 Å². The first-order valence-corrected chi connectivity index (χ1v) is 5.73. The van der Waals surface area contributed by atoms with Crippen LogP contribution < -0.4 is 5.73 Å². The number of carboxylic acids is 1. The average molecular weight is 311 g/mol. The van der Waals surface area contributed by atoms with Crippen LogP contribution in [0.1, 0.15) is 10.5 Å². The summed E-state index contributed by atoms with van der Waals surface area (Å²) in [5, 5.41) is 8.91. The van der Waals surface area contributed by atoms with Crippen molar-refractivity contribution in [2.75, 3.05) is 5.73 Å². The van der Waals surface area contributed by atoms with Crippen LogP contribution in [0.15, 0.2) is 34.8 Å². The fourth-order valence-electron chi connectivity index (χ4n) is 1.51. The van der Waals surface area contributed by atoms with Crippen LogP contribution in [-0.2, 0) is 0 Å². The first-order valence-electron chi connectivity index (χ1n) is 4.94. The van der Waals surface area contributed by atoms with E-state index < -0.39 is 11.8 Å². The number of aromatic carboxylic acids is 1. The summed E-state index contributed by atoms with van der Waals surface area (Å²) in [5.41, 5.74) is 5.29. The van der Waals surface area contributed by atoms with Crippen molar-refractivity contribution in [3.8, 4) is 11.3 Å². The number of anilines is 1. The van der Waals surface area contributed by atoms with Gasteiger partial charge in [0.05, 0.1) is 5.69 Å². The molecule has 2 aromatic rings. The van der Waals surface area contributed by atoms with Crippen molar-refractivity contribution in [1.82, 2.24) is 4.98 Å². The van der Waals surface area contributed by atoms with E-state index in [1.54, 1.807) is 24.3 Å². The Morgan fingerprint density at radius 1 is 1.39 bits per heavy atom. The number of rotatable bonds is 2. The molecular formula is C12H8BrFN2O2. The topological polar surface area (TPSA) is 76.2 Å². The first-order chi connectivity index (χ1) is 8.49. The number of hydrogen-bond acceptors (Lipinski definition) is 3. The molecule has 1 aromatic carbocycles. The lowest BCUT2D eigenvalue weighted by Gasteiger charge is -2.07. The van der Waals surface area contributed by atoms with Gasteiger partial charge in [-0.1, -0.05) is 28.1 Å². The monoisotopic (exact) mass is 310 g/mol. The number of nitrogens with two attached hydrogens (primary N) is 1. The van der Waals surface area contributed by atoms with Crippen LogP contribution in [0.2, 0.25) is 0 Å². The second-order valence-corrected chi connectivity index (χ2v) is 4.49. The molecular weight excluding hydrogens is 303 g/mol. The molecule has 0 saturated carbocycles. The molecule has 6 heteroatoms. The molecule has 0 aliphatic carbocycles. The Kier molecular flexibility index (Phi) is 3.29. The van der Waals surface area contributed by atoms with Gasteiger partial charge >= 0.3 is 5.97 Å². The molecule has 0 bridgehead atoms. The maximum atomic E-state index is 13.8. The SMILES string of the molecule is Nc1cc(F)c(-c2cccc(Br)c2)nc1C(=O)O. The van der Waals surface area contributed by atoms with Gasteiger partial charge in [0.1, 0.15) is 5.69 Å². The number of carboxylic acid groups (broad SMARTS) is 1. The van der Waals surface area contributed by atoms with Crippen LogP contribution in [0, 0.1) is 5.82 Å². The molecule has 0 fully saturated rings. The van der Waals surface area contributed by atoms with Gasteiger partial charge in [-0.3, -0.25) is 0 Å². The minimum absolute atomic E-state index is 0.0390. The Balaban J connectivity index is 2.64. The van der Waals surface area contributed by atoms with Gasteiger partial charge in [0.25, 0.3) is 0 Å². The molecule has 0 atom stereocenters. The van der Waals surface area contributed by atoms with E-state index in [4.69, 9.17) is 10.8 Å². The van der Waals surface area contributed by atoms with Crippen LogP contribution in [0.5, 0.6) is 0 Å². The highest BCUT2D eigenvalue weighted by Gasteiger charge is 2.16. The summed E-state index contributed by atoms with van der Waals surface area (Å²) in [6.45, 7) is 0. The highest BCUT2D eigenvalue weighted by atomic mass is 79.9. The van der Waals surface area contributed by atoms with E-state index in [9.17, 15) is 9.18 Å². The predicted molar refractivity (Wildman–Crippen MR) is 68.7 cm³/mol. The molecule has 0 aliphatic rings. The third kappa shape index (κ3) is 2.33. The number of halogens is 2. The van der Waals surface area contributed by atoms with Crippen molar-refractivity contribution in [3.63, 3.8) is 0 Å². The van der Waals surface area contributed by atoms with Gasteiger partial charge in [-0.05, 0) is 12.1 Å². The zero-order chi connectivity index (χ0) is 13.3. The molecule has 0 saturated heterocycles. The van der Waals surface area contributed by atoms with Crippen LogP contribution in [0.3, 0.4) is 0 Å². The van der Waals surface area contributed by atoms with Crippen molar-refractivity contribution < 1.29 is 14.3 Å². The summed E-state index contributed by atoms with van der Waals surface area (Å²) in [6, 6.07) is 7.73. The van der Waals surface area contributed by atoms with E-state index in [1.807, 2.05) is 0 Å². The number of hydrogen-bond donors (Lipinski definition) is 2. The van der Waals surface area contributed by atoms with E-state index in [0.717, 1.165) is 10.5 Å². The van der Waals surface area contributed by atoms with E-state index in [-0.39, 0.29) is 17.1 Å². The van der Waals surface area contributed by atoms with Crippen molar-refractivity contribution in [2.45, 2.75) is 0 Å². The maximum Gasteiger partial charge on any atom is 0.356 e. The molecule has 92 valence electrons. The van der Waals surface area contributed by atoms with Gasteiger partial charge in [0, 0.05) is 16.1 Å². The normalized spacial score (nSPS) is 10.3. The molecule has 0 amide bonds. The summed E-state index contributed by atoms with van der Waals surface area (Å²) in [5.74, 6) is -1.95. The summed E-state index contributed by atoms with van der Waals surface area (Å²) in [6.07, 6.45) is 0. The smallest absolute Gasteiger partial charge is 0.356 e. The highest BCUT2D eigenvalue weighted by Crippen LogP contribution is 2.26. The molecule has 0 unspecified atom stereocenters. The second kappa shape index (κ2) is 4.73. The molecule has 18 heavy (non-hydrogen) atoms. The Morgan fingerprint density at radius 2 is 2.11 bits per heavy atom. The third-order valence-corrected chi connectivity index (χ3v) is 2.80. The van der Waals surface area contributed by atoms with E-state index in [1.165, 1.54) is 0 Å². The van der Waals surface area contributed by atoms with Gasteiger partial charge in [0.2, 0.25) is 0 Å². The summed E-state index contributed by atoms with van der Waals surface area (Å²) in [7, 11) is 0. The minimum Gasteiger partial charge on any atom is -0.476 e. The standard InChI is InChI=1S/C12H8BrFN2O2/c13-7-3-1-2-6(4-7)10-8(14)5-9(15)11(16-10)12(17)18/h1-5H,15H2,(H,17,18). The summed E-state index contributed by atoms with van der Waals surface area (Å²) < 4.78 is 14.5. The molecule has 4 nitrogen and oxygen atoms in total. The van der Waals surface area contributed by atoms with Crippen LogP contribution in [0.25, 0.3) is 11.3 Å². The number of carbonyl (C=O) groups is 1. The summed E-state index contributed by atoms with van der Waals surface area (Å²) in [4.78, 5) is 14.7. The van der Waals surface area contributed by atoms with Gasteiger partial charge in [0.15, 0.2) is 11.5 Å². The average Bonchev–Trinajstić information content (AvgIpc) is 2.28. The first kappa shape index (κ1) is 12.5. The van der Waals surface area contributed by atoms with Gasteiger partial charge < -0.3 is 10.8 Å². The lowest BCUT2D eigenvalue weighted by atomic mass is 10.1. The number of pyridine rings is 1. The van der Waals surface area contributed by atoms with Gasteiger partial charge in [-0.25, -0.2) is 14.2 Å². The highest BCUT2D eigenvalue weighted by molar-refractivity contribution is 9.10. The Labute approximate surface area is 110 Å². The van der Waals surface area contributed by atoms with Crippen LogP contribution in [0.4, 0.5) is 10.1 Å². The molecule has 0 aliphatic heterocycles. The predicted octanol–water partition coefficient (Wildman–Crippen LogP) is 2.93. The summed E-state index contributed by atoms with van der Waals surface area (Å²) >= 11 is 3.25. The van der Waals surface area contributed by atoms with Gasteiger partial charge in [-0.2, -0.15) is 0 Å². The van der Waals surface area contributed by atoms with Gasteiger partial charge in [-0.15, -0.1) is 0 Å². The van der Waals surface area contributed by atoms with Crippen LogP contribution >= 0.6 is 15.9 Å². The fraction of sp³-hybridized carbons (Fsp3) is 0. The number of nitrogens with zero attached hydrogens (tertiary/aromatic N) is 1. The Hall–Kier alpha value is -1.95. The molecule has 2 rings (SSSR count). The number of nitrogen functional groups attached to an aromatic ring is 1. The molecule has 3 N–H and O–H groups in total. The molecule has 0 spiro atoms. The molecule has 1 aromatic heterocycles. The third-order valence-electron chi connectivity index (χ3n) is 2.31.